The van der Waals surface area contributed by atoms with Crippen molar-refractivity contribution in [1.82, 2.24) is 10.6 Å². The maximum absolute atomic E-state index is 13.9. The Labute approximate surface area is 146 Å². The molecule has 0 saturated carbocycles. The standard InChI is InChI=1S/C17H26F3N3O2/c1-17(2,3)14(24-5)10-23-16(21-4)22-9-11-12(18)7-6-8-13(11)25-15(19)20/h6-8,14-15H,9-10H2,1-5H3,(H2,21,22,23). The number of ether oxygens (including phenoxy) is 2. The Balaban J connectivity index is 2.72. The summed E-state index contributed by atoms with van der Waals surface area (Å²) in [5.41, 5.74) is -0.0745. The lowest BCUT2D eigenvalue weighted by atomic mass is 9.89. The van der Waals surface area contributed by atoms with Crippen LogP contribution >= 0.6 is 0 Å². The number of nitrogens with one attached hydrogen (secondary N) is 2. The highest BCUT2D eigenvalue weighted by molar-refractivity contribution is 5.79. The summed E-state index contributed by atoms with van der Waals surface area (Å²) >= 11 is 0. The zero-order valence-electron chi connectivity index (χ0n) is 15.2. The van der Waals surface area contributed by atoms with E-state index in [0.717, 1.165) is 0 Å². The van der Waals surface area contributed by atoms with Gasteiger partial charge in [0.1, 0.15) is 11.6 Å². The van der Waals surface area contributed by atoms with Crippen LogP contribution in [0.2, 0.25) is 0 Å². The van der Waals surface area contributed by atoms with Crippen molar-refractivity contribution in [3.8, 4) is 5.75 Å². The maximum Gasteiger partial charge on any atom is 0.387 e. The summed E-state index contributed by atoms with van der Waals surface area (Å²) < 4.78 is 48.6. The largest absolute Gasteiger partial charge is 0.434 e. The first-order chi connectivity index (χ1) is 11.7. The van der Waals surface area contributed by atoms with E-state index in [-0.39, 0.29) is 29.4 Å². The number of guanidine groups is 1. The minimum atomic E-state index is -3.02. The Morgan fingerprint density at radius 1 is 1.24 bits per heavy atom. The molecule has 0 aliphatic rings. The number of benzene rings is 1. The van der Waals surface area contributed by atoms with Crippen molar-refractivity contribution in [1.29, 1.82) is 0 Å². The Kier molecular flexibility index (Phi) is 8.02. The second kappa shape index (κ2) is 9.50. The van der Waals surface area contributed by atoms with Gasteiger partial charge in [0.2, 0.25) is 0 Å². The van der Waals surface area contributed by atoms with Crippen LogP contribution in [0.3, 0.4) is 0 Å². The van der Waals surface area contributed by atoms with Gasteiger partial charge >= 0.3 is 6.61 Å². The average Bonchev–Trinajstić information content (AvgIpc) is 2.50. The number of nitrogens with zero attached hydrogens (tertiary/aromatic N) is 1. The van der Waals surface area contributed by atoms with Crippen LogP contribution in [0.4, 0.5) is 13.2 Å². The Morgan fingerprint density at radius 2 is 1.92 bits per heavy atom. The summed E-state index contributed by atoms with van der Waals surface area (Å²) in [6.45, 7) is 3.55. The van der Waals surface area contributed by atoms with Gasteiger partial charge in [0.15, 0.2) is 5.96 Å². The van der Waals surface area contributed by atoms with Crippen molar-refractivity contribution in [2.24, 2.45) is 10.4 Å². The highest BCUT2D eigenvalue weighted by Gasteiger charge is 2.24. The lowest BCUT2D eigenvalue weighted by Crippen LogP contribution is -2.45. The van der Waals surface area contributed by atoms with Crippen molar-refractivity contribution in [3.05, 3.63) is 29.6 Å². The lowest BCUT2D eigenvalue weighted by molar-refractivity contribution is -0.0506. The third-order valence-electron chi connectivity index (χ3n) is 3.65. The first-order valence-corrected chi connectivity index (χ1v) is 7.88. The van der Waals surface area contributed by atoms with Crippen molar-refractivity contribution < 1.29 is 22.6 Å². The molecule has 0 aromatic heterocycles. The summed E-state index contributed by atoms with van der Waals surface area (Å²) in [5.74, 6) is -0.439. The molecule has 1 unspecified atom stereocenters. The summed E-state index contributed by atoms with van der Waals surface area (Å²) in [4.78, 5) is 4.04. The third-order valence-corrected chi connectivity index (χ3v) is 3.65. The van der Waals surface area contributed by atoms with Crippen LogP contribution < -0.4 is 15.4 Å². The fourth-order valence-corrected chi connectivity index (χ4v) is 2.24. The van der Waals surface area contributed by atoms with Crippen LogP contribution in [0.5, 0.6) is 5.75 Å². The summed E-state index contributed by atoms with van der Waals surface area (Å²) in [7, 11) is 3.19. The van der Waals surface area contributed by atoms with Crippen LogP contribution in [0, 0.1) is 11.2 Å². The predicted octanol–water partition coefficient (Wildman–Crippen LogP) is 3.15. The smallest absolute Gasteiger partial charge is 0.387 e. The first-order valence-electron chi connectivity index (χ1n) is 7.88. The molecule has 5 nitrogen and oxygen atoms in total. The number of hydrogen-bond donors (Lipinski definition) is 2. The van der Waals surface area contributed by atoms with E-state index in [4.69, 9.17) is 4.74 Å². The third kappa shape index (κ3) is 6.81. The fraction of sp³-hybridized carbons (Fsp3) is 0.588. The highest BCUT2D eigenvalue weighted by Crippen LogP contribution is 2.23. The van der Waals surface area contributed by atoms with Gasteiger partial charge in [-0.15, -0.1) is 0 Å². The molecule has 0 fully saturated rings. The van der Waals surface area contributed by atoms with Crippen LogP contribution in [-0.2, 0) is 11.3 Å². The Bertz CT molecular complexity index is 575. The van der Waals surface area contributed by atoms with Gasteiger partial charge in [0.25, 0.3) is 0 Å². The van der Waals surface area contributed by atoms with E-state index in [0.29, 0.717) is 12.5 Å². The van der Waals surface area contributed by atoms with E-state index in [2.05, 4.69) is 20.4 Å². The number of rotatable bonds is 7. The molecule has 0 heterocycles. The van der Waals surface area contributed by atoms with Gasteiger partial charge in [-0.05, 0) is 17.5 Å². The number of halogens is 3. The topological polar surface area (TPSA) is 54.9 Å². The molecule has 1 rings (SSSR count). The van der Waals surface area contributed by atoms with Crippen molar-refractivity contribution >= 4 is 5.96 Å². The molecule has 142 valence electrons. The second-order valence-corrected chi connectivity index (χ2v) is 6.49. The highest BCUT2D eigenvalue weighted by atomic mass is 19.3. The molecule has 1 aromatic rings. The van der Waals surface area contributed by atoms with Gasteiger partial charge < -0.3 is 20.1 Å². The number of aliphatic imine (C=N–C) groups is 1. The monoisotopic (exact) mass is 361 g/mol. The van der Waals surface area contributed by atoms with E-state index >= 15 is 0 Å². The van der Waals surface area contributed by atoms with Crippen LogP contribution in [-0.4, -0.2) is 39.4 Å². The van der Waals surface area contributed by atoms with Gasteiger partial charge in [-0.25, -0.2) is 4.39 Å². The normalized spacial score (nSPS) is 13.7. The van der Waals surface area contributed by atoms with E-state index < -0.39 is 12.4 Å². The lowest BCUT2D eigenvalue weighted by Gasteiger charge is -2.30. The quantitative estimate of drug-likeness (QED) is 0.579. The summed E-state index contributed by atoms with van der Waals surface area (Å²) in [6.07, 6.45) is -0.0720. The van der Waals surface area contributed by atoms with Gasteiger partial charge in [-0.2, -0.15) is 8.78 Å². The zero-order valence-corrected chi connectivity index (χ0v) is 15.2. The molecule has 0 aliphatic carbocycles. The van der Waals surface area contributed by atoms with Crippen LogP contribution in [0.15, 0.2) is 23.2 Å². The van der Waals surface area contributed by atoms with Gasteiger partial charge in [-0.1, -0.05) is 26.8 Å². The fourth-order valence-electron chi connectivity index (χ4n) is 2.24. The predicted molar refractivity (Wildman–Crippen MR) is 91.5 cm³/mol. The van der Waals surface area contributed by atoms with E-state index in [1.807, 2.05) is 20.8 Å². The molecule has 1 atom stereocenters. The molecule has 0 amide bonds. The van der Waals surface area contributed by atoms with Crippen molar-refractivity contribution in [2.45, 2.75) is 40.0 Å². The number of methoxy groups -OCH3 is 1. The molecule has 0 aliphatic heterocycles. The zero-order chi connectivity index (χ0) is 19.0. The molecule has 25 heavy (non-hydrogen) atoms. The second-order valence-electron chi connectivity index (χ2n) is 6.49. The van der Waals surface area contributed by atoms with Crippen LogP contribution in [0.25, 0.3) is 0 Å². The first kappa shape index (κ1) is 21.1. The van der Waals surface area contributed by atoms with E-state index in [1.54, 1.807) is 14.2 Å². The molecular weight excluding hydrogens is 335 g/mol. The van der Waals surface area contributed by atoms with E-state index in [9.17, 15) is 13.2 Å². The molecule has 0 saturated heterocycles. The minimum Gasteiger partial charge on any atom is -0.434 e. The molecule has 0 radical (unpaired) electrons. The summed E-state index contributed by atoms with van der Waals surface area (Å²) in [6, 6.07) is 3.80. The molecule has 8 heteroatoms. The van der Waals surface area contributed by atoms with Gasteiger partial charge in [0, 0.05) is 32.8 Å². The molecule has 0 spiro atoms. The summed E-state index contributed by atoms with van der Waals surface area (Å²) in [5, 5.41) is 5.97. The molecule has 2 N–H and O–H groups in total. The molecule has 1 aromatic carbocycles. The molecule has 0 bridgehead atoms. The van der Waals surface area contributed by atoms with Crippen molar-refractivity contribution in [2.75, 3.05) is 20.7 Å². The molecular formula is C17H26F3N3O2. The Hall–Kier alpha value is -1.96. The Morgan fingerprint density at radius 3 is 2.44 bits per heavy atom. The van der Waals surface area contributed by atoms with E-state index in [1.165, 1.54) is 18.2 Å². The average molecular weight is 361 g/mol. The minimum absolute atomic E-state index is 0.00450. The van der Waals surface area contributed by atoms with Crippen LogP contribution in [0.1, 0.15) is 26.3 Å². The number of alkyl halides is 2. The van der Waals surface area contributed by atoms with Gasteiger partial charge in [-0.3, -0.25) is 4.99 Å². The number of hydrogen-bond acceptors (Lipinski definition) is 3. The maximum atomic E-state index is 13.9. The van der Waals surface area contributed by atoms with Gasteiger partial charge in [0.05, 0.1) is 6.10 Å². The van der Waals surface area contributed by atoms with Crippen molar-refractivity contribution in [3.63, 3.8) is 0 Å². The SMILES string of the molecule is CN=C(NCc1c(F)cccc1OC(F)F)NCC(OC)C(C)(C)C.